The van der Waals surface area contributed by atoms with Crippen LogP contribution in [0.2, 0.25) is 0 Å². The van der Waals surface area contributed by atoms with E-state index >= 15 is 0 Å². The minimum absolute atomic E-state index is 0.852. The molecule has 3 heteroatoms. The molecule has 2 rings (SSSR count). The molecule has 0 amide bonds. The van der Waals surface area contributed by atoms with Gasteiger partial charge in [-0.2, -0.15) is 5.10 Å². The lowest BCUT2D eigenvalue weighted by Crippen LogP contribution is -2.17. The van der Waals surface area contributed by atoms with Crippen molar-refractivity contribution >= 4 is 0 Å². The van der Waals surface area contributed by atoms with E-state index in [2.05, 4.69) is 16.5 Å². The molecule has 1 aromatic rings. The van der Waals surface area contributed by atoms with Gasteiger partial charge in [-0.05, 0) is 44.7 Å². The molecule has 3 nitrogen and oxygen atoms in total. The van der Waals surface area contributed by atoms with E-state index < -0.39 is 0 Å². The Morgan fingerprint density at radius 2 is 2.36 bits per heavy atom. The van der Waals surface area contributed by atoms with Gasteiger partial charge in [-0.3, -0.25) is 4.68 Å². The largest absolute Gasteiger partial charge is 0.314 e. The molecule has 0 aliphatic heterocycles. The fraction of sp³-hybridized carbons (Fsp3) is 0.727. The Morgan fingerprint density at radius 3 is 3.00 bits per heavy atom. The summed E-state index contributed by atoms with van der Waals surface area (Å²) >= 11 is 0. The highest BCUT2D eigenvalue weighted by Gasteiger charge is 2.19. The van der Waals surface area contributed by atoms with Crippen molar-refractivity contribution in [1.82, 2.24) is 15.1 Å². The molecule has 1 aromatic heterocycles. The fourth-order valence-electron chi connectivity index (χ4n) is 1.62. The average Bonchev–Trinajstić information content (AvgIpc) is 2.89. The van der Waals surface area contributed by atoms with Crippen LogP contribution in [-0.4, -0.2) is 22.4 Å². The van der Waals surface area contributed by atoms with Crippen LogP contribution in [-0.2, 0) is 13.5 Å². The Bertz CT molecular complexity index is 276. The van der Waals surface area contributed by atoms with Gasteiger partial charge in [0.1, 0.15) is 0 Å². The van der Waals surface area contributed by atoms with Crippen LogP contribution in [0.4, 0.5) is 0 Å². The monoisotopic (exact) mass is 193 g/mol. The smallest absolute Gasteiger partial charge is 0.0624 e. The topological polar surface area (TPSA) is 29.9 Å². The van der Waals surface area contributed by atoms with Crippen LogP contribution in [0.5, 0.6) is 0 Å². The van der Waals surface area contributed by atoms with Gasteiger partial charge in [0.25, 0.3) is 0 Å². The molecule has 1 fully saturated rings. The SMILES string of the molecule is Cn1ccc(CCCCNC2CC2)n1. The predicted molar refractivity (Wildman–Crippen MR) is 57.2 cm³/mol. The number of hydrogen-bond acceptors (Lipinski definition) is 2. The van der Waals surface area contributed by atoms with E-state index in [9.17, 15) is 0 Å². The van der Waals surface area contributed by atoms with Gasteiger partial charge in [-0.15, -0.1) is 0 Å². The van der Waals surface area contributed by atoms with Crippen LogP contribution in [0, 0.1) is 0 Å². The van der Waals surface area contributed by atoms with Gasteiger partial charge in [0, 0.05) is 19.3 Å². The number of nitrogens with zero attached hydrogens (tertiary/aromatic N) is 2. The van der Waals surface area contributed by atoms with Crippen molar-refractivity contribution in [2.45, 2.75) is 38.1 Å². The summed E-state index contributed by atoms with van der Waals surface area (Å²) in [4.78, 5) is 0. The van der Waals surface area contributed by atoms with Crippen LogP contribution in [0.1, 0.15) is 31.4 Å². The summed E-state index contributed by atoms with van der Waals surface area (Å²) in [6.45, 7) is 1.18. The highest BCUT2D eigenvalue weighted by Crippen LogP contribution is 2.18. The summed E-state index contributed by atoms with van der Waals surface area (Å²) in [5, 5.41) is 7.87. The molecule has 14 heavy (non-hydrogen) atoms. The lowest BCUT2D eigenvalue weighted by Gasteiger charge is -2.00. The Hall–Kier alpha value is -0.830. The first-order valence-corrected chi connectivity index (χ1v) is 5.56. The lowest BCUT2D eigenvalue weighted by molar-refractivity contribution is 0.613. The lowest BCUT2D eigenvalue weighted by atomic mass is 10.2. The standard InChI is InChI=1S/C11H19N3/c1-14-9-7-11(13-14)4-2-3-8-12-10-5-6-10/h7,9-10,12H,2-6,8H2,1H3. The van der Waals surface area contributed by atoms with Gasteiger partial charge < -0.3 is 5.32 Å². The molecular weight excluding hydrogens is 174 g/mol. The van der Waals surface area contributed by atoms with E-state index in [0.717, 1.165) is 12.5 Å². The molecule has 1 N–H and O–H groups in total. The number of rotatable bonds is 6. The summed E-state index contributed by atoms with van der Waals surface area (Å²) in [5.74, 6) is 0. The molecule has 1 aliphatic rings. The minimum atomic E-state index is 0.852. The molecular formula is C11H19N3. The van der Waals surface area contributed by atoms with Crippen molar-refractivity contribution in [2.75, 3.05) is 6.54 Å². The van der Waals surface area contributed by atoms with Crippen molar-refractivity contribution in [3.63, 3.8) is 0 Å². The van der Waals surface area contributed by atoms with Gasteiger partial charge in [0.2, 0.25) is 0 Å². The molecule has 0 unspecified atom stereocenters. The van der Waals surface area contributed by atoms with E-state index in [1.165, 1.54) is 37.9 Å². The average molecular weight is 193 g/mol. The van der Waals surface area contributed by atoms with Crippen molar-refractivity contribution in [2.24, 2.45) is 7.05 Å². The van der Waals surface area contributed by atoms with E-state index in [-0.39, 0.29) is 0 Å². The third-order valence-electron chi connectivity index (χ3n) is 2.64. The van der Waals surface area contributed by atoms with Crippen LogP contribution in [0.25, 0.3) is 0 Å². The second-order valence-electron chi connectivity index (χ2n) is 4.17. The molecule has 1 aliphatic carbocycles. The van der Waals surface area contributed by atoms with Crippen molar-refractivity contribution < 1.29 is 0 Å². The van der Waals surface area contributed by atoms with E-state index in [4.69, 9.17) is 0 Å². The first-order chi connectivity index (χ1) is 6.84. The van der Waals surface area contributed by atoms with Crippen LogP contribution in [0.15, 0.2) is 12.3 Å². The minimum Gasteiger partial charge on any atom is -0.314 e. The fourth-order valence-corrected chi connectivity index (χ4v) is 1.62. The maximum Gasteiger partial charge on any atom is 0.0624 e. The molecule has 0 aromatic carbocycles. The van der Waals surface area contributed by atoms with E-state index in [1.807, 2.05) is 17.9 Å². The van der Waals surface area contributed by atoms with Crippen LogP contribution >= 0.6 is 0 Å². The Morgan fingerprint density at radius 1 is 1.50 bits per heavy atom. The van der Waals surface area contributed by atoms with E-state index in [1.54, 1.807) is 0 Å². The van der Waals surface area contributed by atoms with Gasteiger partial charge in [-0.25, -0.2) is 0 Å². The summed E-state index contributed by atoms with van der Waals surface area (Å²) < 4.78 is 1.87. The van der Waals surface area contributed by atoms with Gasteiger partial charge >= 0.3 is 0 Å². The van der Waals surface area contributed by atoms with Gasteiger partial charge in [0.05, 0.1) is 5.69 Å². The molecule has 0 radical (unpaired) electrons. The molecule has 0 spiro atoms. The zero-order valence-electron chi connectivity index (χ0n) is 8.87. The number of aryl methyl sites for hydroxylation is 2. The molecule has 0 atom stereocenters. The van der Waals surface area contributed by atoms with Crippen molar-refractivity contribution in [1.29, 1.82) is 0 Å². The summed E-state index contributed by atoms with van der Waals surface area (Å²) in [5.41, 5.74) is 1.22. The highest BCUT2D eigenvalue weighted by molar-refractivity contribution is 4.98. The molecule has 78 valence electrons. The maximum atomic E-state index is 4.35. The van der Waals surface area contributed by atoms with Gasteiger partial charge in [-0.1, -0.05) is 0 Å². The Balaban J connectivity index is 1.53. The third-order valence-corrected chi connectivity index (χ3v) is 2.64. The molecule has 1 saturated carbocycles. The van der Waals surface area contributed by atoms with E-state index in [0.29, 0.717) is 0 Å². The van der Waals surface area contributed by atoms with Crippen molar-refractivity contribution in [3.8, 4) is 0 Å². The zero-order chi connectivity index (χ0) is 9.80. The van der Waals surface area contributed by atoms with Crippen molar-refractivity contribution in [3.05, 3.63) is 18.0 Å². The predicted octanol–water partition coefficient (Wildman–Crippen LogP) is 1.49. The first kappa shape index (κ1) is 9.71. The molecule has 0 bridgehead atoms. The number of aromatic nitrogens is 2. The maximum absolute atomic E-state index is 4.35. The van der Waals surface area contributed by atoms with Gasteiger partial charge in [0.15, 0.2) is 0 Å². The Labute approximate surface area is 85.5 Å². The normalized spacial score (nSPS) is 16.1. The van der Waals surface area contributed by atoms with Crippen LogP contribution < -0.4 is 5.32 Å². The third kappa shape index (κ3) is 3.14. The van der Waals surface area contributed by atoms with Crippen LogP contribution in [0.3, 0.4) is 0 Å². The quantitative estimate of drug-likeness (QED) is 0.694. The molecule has 1 heterocycles. The summed E-state index contributed by atoms with van der Waals surface area (Å²) in [6, 6.07) is 2.96. The zero-order valence-corrected chi connectivity index (χ0v) is 8.87. The number of hydrogen-bond donors (Lipinski definition) is 1. The highest BCUT2D eigenvalue weighted by atomic mass is 15.2. The summed E-state index contributed by atoms with van der Waals surface area (Å²) in [6.07, 6.45) is 8.43. The number of nitrogens with one attached hydrogen (secondary N) is 1. The first-order valence-electron chi connectivity index (χ1n) is 5.56. The second kappa shape index (κ2) is 4.60. The summed E-state index contributed by atoms with van der Waals surface area (Å²) in [7, 11) is 1.97. The Kier molecular flexibility index (Phi) is 3.19. The molecule has 0 saturated heterocycles. The second-order valence-corrected chi connectivity index (χ2v) is 4.17. The number of unbranched alkanes of at least 4 members (excludes halogenated alkanes) is 1.